The van der Waals surface area contributed by atoms with E-state index in [1.54, 1.807) is 6.20 Å². The molecule has 2 rings (SSSR count). The molecule has 0 aromatic carbocycles. The molecule has 0 unspecified atom stereocenters. The molecular formula is C11H18ClN3OS. The fourth-order valence-electron chi connectivity index (χ4n) is 1.92. The second-order valence-electron chi connectivity index (χ2n) is 4.08. The Morgan fingerprint density at radius 2 is 2.53 bits per heavy atom. The van der Waals surface area contributed by atoms with Crippen molar-refractivity contribution in [2.45, 2.75) is 32.2 Å². The van der Waals surface area contributed by atoms with Crippen molar-refractivity contribution in [3.63, 3.8) is 0 Å². The normalized spacial score (nSPS) is 18.8. The lowest BCUT2D eigenvalue weighted by Crippen LogP contribution is -2.30. The Labute approximate surface area is 112 Å². The van der Waals surface area contributed by atoms with Crippen LogP contribution in [-0.4, -0.2) is 30.0 Å². The van der Waals surface area contributed by atoms with E-state index in [1.165, 1.54) is 24.2 Å². The van der Waals surface area contributed by atoms with Gasteiger partial charge in [0.1, 0.15) is 4.88 Å². The van der Waals surface area contributed by atoms with Crippen molar-refractivity contribution < 1.29 is 4.79 Å². The molecule has 4 nitrogen and oxygen atoms in total. The molecule has 1 aliphatic rings. The van der Waals surface area contributed by atoms with Crippen LogP contribution >= 0.6 is 23.7 Å². The summed E-state index contributed by atoms with van der Waals surface area (Å²) in [5.74, 6) is 0.00333. The van der Waals surface area contributed by atoms with Crippen LogP contribution in [0.5, 0.6) is 0 Å². The van der Waals surface area contributed by atoms with Crippen LogP contribution in [0.1, 0.15) is 33.9 Å². The van der Waals surface area contributed by atoms with E-state index in [9.17, 15) is 4.79 Å². The molecule has 1 saturated heterocycles. The molecule has 0 spiro atoms. The first-order valence-electron chi connectivity index (χ1n) is 5.70. The lowest BCUT2D eigenvalue weighted by atomic mass is 10.1. The number of carbonyl (C=O) groups excluding carboxylic acids is 1. The average Bonchev–Trinajstić information content (AvgIpc) is 2.89. The van der Waals surface area contributed by atoms with E-state index in [0.717, 1.165) is 24.5 Å². The first-order valence-corrected chi connectivity index (χ1v) is 6.51. The van der Waals surface area contributed by atoms with E-state index in [-0.39, 0.29) is 18.3 Å². The molecule has 1 amide bonds. The van der Waals surface area contributed by atoms with E-state index in [4.69, 9.17) is 0 Å². The van der Waals surface area contributed by atoms with Gasteiger partial charge in [-0.3, -0.25) is 4.79 Å². The van der Waals surface area contributed by atoms with Crippen LogP contribution in [0.2, 0.25) is 0 Å². The Balaban J connectivity index is 0.00000144. The highest BCUT2D eigenvalue weighted by Gasteiger charge is 2.14. The van der Waals surface area contributed by atoms with Gasteiger partial charge >= 0.3 is 0 Å². The highest BCUT2D eigenvalue weighted by molar-refractivity contribution is 7.13. The smallest absolute Gasteiger partial charge is 0.263 e. The van der Waals surface area contributed by atoms with Gasteiger partial charge in [-0.05, 0) is 32.7 Å². The number of aryl methyl sites for hydroxylation is 1. The fraction of sp³-hybridized carbons (Fsp3) is 0.636. The summed E-state index contributed by atoms with van der Waals surface area (Å²) < 4.78 is 0. The number of hydrogen-bond donors (Lipinski definition) is 2. The number of nitrogens with one attached hydrogen (secondary N) is 2. The van der Waals surface area contributed by atoms with Crippen LogP contribution in [-0.2, 0) is 0 Å². The molecule has 0 saturated carbocycles. The van der Waals surface area contributed by atoms with E-state index in [2.05, 4.69) is 15.6 Å². The lowest BCUT2D eigenvalue weighted by molar-refractivity contribution is 0.0956. The van der Waals surface area contributed by atoms with Crippen LogP contribution < -0.4 is 10.6 Å². The van der Waals surface area contributed by atoms with Gasteiger partial charge in [-0.1, -0.05) is 0 Å². The molecule has 6 heteroatoms. The van der Waals surface area contributed by atoms with Crippen molar-refractivity contribution in [3.8, 4) is 0 Å². The summed E-state index contributed by atoms with van der Waals surface area (Å²) >= 11 is 1.44. The third-order valence-electron chi connectivity index (χ3n) is 2.79. The van der Waals surface area contributed by atoms with Crippen molar-refractivity contribution in [2.24, 2.45) is 0 Å². The van der Waals surface area contributed by atoms with Gasteiger partial charge in [-0.15, -0.1) is 23.7 Å². The topological polar surface area (TPSA) is 54.0 Å². The van der Waals surface area contributed by atoms with Crippen LogP contribution in [0.15, 0.2) is 6.20 Å². The van der Waals surface area contributed by atoms with Gasteiger partial charge in [-0.25, -0.2) is 4.98 Å². The van der Waals surface area contributed by atoms with E-state index >= 15 is 0 Å². The Morgan fingerprint density at radius 3 is 3.12 bits per heavy atom. The van der Waals surface area contributed by atoms with Crippen LogP contribution in [0, 0.1) is 6.92 Å². The highest BCUT2D eigenvalue weighted by Crippen LogP contribution is 2.11. The number of hydrogen-bond acceptors (Lipinski definition) is 4. The summed E-state index contributed by atoms with van der Waals surface area (Å²) in [4.78, 5) is 16.4. The zero-order valence-corrected chi connectivity index (χ0v) is 11.5. The number of nitrogens with zero attached hydrogens (tertiary/aromatic N) is 1. The van der Waals surface area contributed by atoms with Crippen molar-refractivity contribution in [1.29, 1.82) is 0 Å². The summed E-state index contributed by atoms with van der Waals surface area (Å²) in [5.41, 5.74) is 0. The third-order valence-corrected chi connectivity index (χ3v) is 3.70. The van der Waals surface area contributed by atoms with Gasteiger partial charge in [0.05, 0.1) is 11.2 Å². The molecule has 1 fully saturated rings. The Morgan fingerprint density at radius 1 is 1.71 bits per heavy atom. The zero-order valence-electron chi connectivity index (χ0n) is 9.86. The van der Waals surface area contributed by atoms with Gasteiger partial charge in [0.2, 0.25) is 0 Å². The number of carbonyl (C=O) groups is 1. The first kappa shape index (κ1) is 14.4. The first-order chi connectivity index (χ1) is 7.75. The zero-order chi connectivity index (χ0) is 11.4. The van der Waals surface area contributed by atoms with Gasteiger partial charge in [-0.2, -0.15) is 0 Å². The van der Waals surface area contributed by atoms with Gasteiger partial charge in [0.15, 0.2) is 0 Å². The molecule has 2 N–H and O–H groups in total. The lowest BCUT2D eigenvalue weighted by Gasteiger charge is -2.09. The molecule has 1 atom stereocenters. The molecule has 1 aromatic rings. The minimum atomic E-state index is 0. The Bertz CT molecular complexity index is 363. The summed E-state index contributed by atoms with van der Waals surface area (Å²) in [5, 5.41) is 7.28. The summed E-state index contributed by atoms with van der Waals surface area (Å²) in [6.07, 6.45) is 5.15. The molecule has 0 aliphatic carbocycles. The van der Waals surface area contributed by atoms with Crippen molar-refractivity contribution >= 4 is 29.7 Å². The van der Waals surface area contributed by atoms with Gasteiger partial charge in [0.25, 0.3) is 5.91 Å². The van der Waals surface area contributed by atoms with Crippen LogP contribution in [0.3, 0.4) is 0 Å². The quantitative estimate of drug-likeness (QED) is 0.880. The summed E-state index contributed by atoms with van der Waals surface area (Å²) in [6.45, 7) is 3.77. The molecule has 17 heavy (non-hydrogen) atoms. The molecule has 0 radical (unpaired) electrons. The predicted octanol–water partition coefficient (Wildman–Crippen LogP) is 1.75. The van der Waals surface area contributed by atoms with Crippen molar-refractivity contribution in [3.05, 3.63) is 16.1 Å². The Kier molecular flexibility index (Phi) is 5.88. The number of halogens is 1. The maximum absolute atomic E-state index is 11.7. The number of rotatable bonds is 4. The van der Waals surface area contributed by atoms with Crippen molar-refractivity contribution in [1.82, 2.24) is 15.6 Å². The van der Waals surface area contributed by atoms with Gasteiger partial charge in [0, 0.05) is 12.6 Å². The van der Waals surface area contributed by atoms with E-state index in [0.29, 0.717) is 10.9 Å². The monoisotopic (exact) mass is 275 g/mol. The summed E-state index contributed by atoms with van der Waals surface area (Å²) in [6, 6.07) is 0.587. The third kappa shape index (κ3) is 4.26. The second kappa shape index (κ2) is 6.93. The maximum Gasteiger partial charge on any atom is 0.263 e. The average molecular weight is 276 g/mol. The standard InChI is InChI=1S/C11H17N3OS.ClH/c1-8-14-7-10(16-8)11(15)13-6-4-9-3-2-5-12-9;/h7,9,12H,2-6H2,1H3,(H,13,15);1H/t9-;/m1./s1. The summed E-state index contributed by atoms with van der Waals surface area (Å²) in [7, 11) is 0. The fourth-order valence-corrected chi connectivity index (χ4v) is 2.61. The predicted molar refractivity (Wildman–Crippen MR) is 72.1 cm³/mol. The van der Waals surface area contributed by atoms with E-state index in [1.807, 2.05) is 6.92 Å². The minimum Gasteiger partial charge on any atom is -0.351 e. The Hall–Kier alpha value is -0.650. The second-order valence-corrected chi connectivity index (χ2v) is 5.32. The number of amides is 1. The molecular weight excluding hydrogens is 258 g/mol. The number of aromatic nitrogens is 1. The molecule has 0 bridgehead atoms. The number of thiazole rings is 1. The van der Waals surface area contributed by atoms with Crippen LogP contribution in [0.4, 0.5) is 0 Å². The van der Waals surface area contributed by atoms with Crippen LogP contribution in [0.25, 0.3) is 0 Å². The SMILES string of the molecule is Cc1ncc(C(=O)NCC[C@H]2CCCN2)s1.Cl. The maximum atomic E-state index is 11.7. The highest BCUT2D eigenvalue weighted by atomic mass is 35.5. The molecule has 96 valence electrons. The van der Waals surface area contributed by atoms with E-state index < -0.39 is 0 Å². The minimum absolute atomic E-state index is 0. The molecule has 1 aromatic heterocycles. The molecule has 2 heterocycles. The molecule has 1 aliphatic heterocycles. The van der Waals surface area contributed by atoms with Crippen molar-refractivity contribution in [2.75, 3.05) is 13.1 Å². The largest absolute Gasteiger partial charge is 0.351 e. The van der Waals surface area contributed by atoms with Gasteiger partial charge < -0.3 is 10.6 Å².